The molecule has 0 aliphatic carbocycles. The molecule has 0 aliphatic rings. The highest BCUT2D eigenvalue weighted by Crippen LogP contribution is 2.32. The largest absolute Gasteiger partial charge is 0.361 e. The van der Waals surface area contributed by atoms with Crippen LogP contribution in [-0.4, -0.2) is 11.5 Å². The first-order valence-electron chi connectivity index (χ1n) is 7.01. The maximum Gasteiger partial charge on any atom is 0.183 e. The molecule has 0 fully saturated rings. The van der Waals surface area contributed by atoms with Crippen LogP contribution in [0.25, 0.3) is 10.2 Å². The molecule has 0 aliphatic heterocycles. The predicted octanol–water partition coefficient (Wildman–Crippen LogP) is 5.48. The normalized spacial score (nSPS) is 11.8. The Morgan fingerprint density at radius 1 is 1.18 bits per heavy atom. The molecular weight excluding hydrogens is 319 g/mol. The van der Waals surface area contributed by atoms with E-state index in [1.165, 1.54) is 12.1 Å². The lowest BCUT2D eigenvalue weighted by molar-refractivity contribution is 0.553. The molecule has 0 amide bonds. The third-order valence-corrected chi connectivity index (χ3v) is 5.16. The second-order valence-electron chi connectivity index (χ2n) is 5.85. The van der Waals surface area contributed by atoms with Crippen LogP contribution in [0.1, 0.15) is 19.4 Å². The number of nitrogens with zero attached hydrogens (tertiary/aromatic N) is 1. The average Bonchev–Trinajstić information content (AvgIpc) is 2.90. The van der Waals surface area contributed by atoms with Gasteiger partial charge in [0.1, 0.15) is 5.82 Å². The summed E-state index contributed by atoms with van der Waals surface area (Å²) in [6.45, 7) is 4.94. The third-order valence-electron chi connectivity index (χ3n) is 3.67. The van der Waals surface area contributed by atoms with Gasteiger partial charge in [0.25, 0.3) is 0 Å². The van der Waals surface area contributed by atoms with Gasteiger partial charge >= 0.3 is 0 Å². The summed E-state index contributed by atoms with van der Waals surface area (Å²) >= 11 is 7.73. The molecule has 5 heteroatoms. The second-order valence-corrected chi connectivity index (χ2v) is 7.26. The van der Waals surface area contributed by atoms with Gasteiger partial charge in [-0.3, -0.25) is 0 Å². The summed E-state index contributed by atoms with van der Waals surface area (Å²) in [5.41, 5.74) is 1.86. The molecule has 0 atom stereocenters. The minimum Gasteiger partial charge on any atom is -0.361 e. The highest BCUT2D eigenvalue weighted by Gasteiger charge is 2.21. The molecule has 0 bridgehead atoms. The van der Waals surface area contributed by atoms with E-state index >= 15 is 0 Å². The Bertz CT molecular complexity index is 796. The zero-order chi connectivity index (χ0) is 15.7. The highest BCUT2D eigenvalue weighted by molar-refractivity contribution is 7.22. The number of hydrogen-bond acceptors (Lipinski definition) is 3. The van der Waals surface area contributed by atoms with Gasteiger partial charge in [0.15, 0.2) is 5.13 Å². The number of nitrogens with one attached hydrogen (secondary N) is 1. The van der Waals surface area contributed by atoms with E-state index in [0.29, 0.717) is 6.54 Å². The summed E-state index contributed by atoms with van der Waals surface area (Å²) in [7, 11) is 0. The minimum atomic E-state index is -0.215. The summed E-state index contributed by atoms with van der Waals surface area (Å²) in [6, 6.07) is 12.4. The predicted molar refractivity (Wildman–Crippen MR) is 92.5 cm³/mol. The molecule has 3 aromatic rings. The first-order valence-corrected chi connectivity index (χ1v) is 8.20. The molecule has 2 nitrogen and oxygen atoms in total. The number of aromatic nitrogens is 1. The Balaban J connectivity index is 1.77. The molecule has 0 saturated carbocycles. The number of thiazole rings is 1. The Labute approximate surface area is 138 Å². The maximum atomic E-state index is 13.0. The number of benzene rings is 2. The molecule has 0 saturated heterocycles. The maximum absolute atomic E-state index is 13.0. The molecule has 114 valence electrons. The smallest absolute Gasteiger partial charge is 0.183 e. The van der Waals surface area contributed by atoms with Crippen LogP contribution in [0.3, 0.4) is 0 Å². The van der Waals surface area contributed by atoms with Crippen molar-refractivity contribution >= 4 is 38.3 Å². The molecule has 0 radical (unpaired) electrons. The fourth-order valence-electron chi connectivity index (χ4n) is 2.29. The van der Waals surface area contributed by atoms with Crippen molar-refractivity contribution in [1.82, 2.24) is 4.98 Å². The van der Waals surface area contributed by atoms with Gasteiger partial charge in [-0.1, -0.05) is 55.0 Å². The fraction of sp³-hybridized carbons (Fsp3) is 0.235. The van der Waals surface area contributed by atoms with Crippen molar-refractivity contribution in [2.45, 2.75) is 19.3 Å². The van der Waals surface area contributed by atoms with E-state index in [1.807, 2.05) is 30.3 Å². The second kappa shape index (κ2) is 5.86. The average molecular weight is 335 g/mol. The standard InChI is InChI=1S/C17H16ClFN2S/c1-17(2,11-6-8-12(19)9-7-11)10-20-16-21-14-5-3-4-13(18)15(14)22-16/h3-9H,10H2,1-2H3,(H,20,21). The van der Waals surface area contributed by atoms with E-state index in [1.54, 1.807) is 11.3 Å². The van der Waals surface area contributed by atoms with E-state index in [2.05, 4.69) is 24.1 Å². The molecule has 3 rings (SSSR count). The Morgan fingerprint density at radius 3 is 2.59 bits per heavy atom. The van der Waals surface area contributed by atoms with Crippen LogP contribution in [0.15, 0.2) is 42.5 Å². The van der Waals surface area contributed by atoms with Crippen molar-refractivity contribution in [3.05, 3.63) is 58.9 Å². The van der Waals surface area contributed by atoms with Crippen molar-refractivity contribution in [1.29, 1.82) is 0 Å². The molecule has 1 heterocycles. The van der Waals surface area contributed by atoms with Crippen LogP contribution in [-0.2, 0) is 5.41 Å². The SMILES string of the molecule is CC(C)(CNc1nc2cccc(Cl)c2s1)c1ccc(F)cc1. The number of hydrogen-bond donors (Lipinski definition) is 1. The van der Waals surface area contributed by atoms with E-state index < -0.39 is 0 Å². The number of anilines is 1. The van der Waals surface area contributed by atoms with Crippen molar-refractivity contribution < 1.29 is 4.39 Å². The molecule has 1 N–H and O–H groups in total. The Kier molecular flexibility index (Phi) is 4.06. The molecular formula is C17H16ClFN2S. The van der Waals surface area contributed by atoms with Crippen molar-refractivity contribution in [2.75, 3.05) is 11.9 Å². The Morgan fingerprint density at radius 2 is 1.91 bits per heavy atom. The first kappa shape index (κ1) is 15.3. The highest BCUT2D eigenvalue weighted by atomic mass is 35.5. The summed E-state index contributed by atoms with van der Waals surface area (Å²) in [5.74, 6) is -0.215. The topological polar surface area (TPSA) is 24.9 Å². The van der Waals surface area contributed by atoms with Gasteiger partial charge < -0.3 is 5.32 Å². The van der Waals surface area contributed by atoms with Crippen LogP contribution in [0.2, 0.25) is 5.02 Å². The lowest BCUT2D eigenvalue weighted by Gasteiger charge is -2.25. The van der Waals surface area contributed by atoms with E-state index in [9.17, 15) is 4.39 Å². The van der Waals surface area contributed by atoms with Crippen LogP contribution >= 0.6 is 22.9 Å². The van der Waals surface area contributed by atoms with Gasteiger partial charge in [0.05, 0.1) is 15.2 Å². The van der Waals surface area contributed by atoms with Gasteiger partial charge in [-0.05, 0) is 29.8 Å². The number of rotatable bonds is 4. The third kappa shape index (κ3) is 3.08. The lowest BCUT2D eigenvalue weighted by Crippen LogP contribution is -2.27. The zero-order valence-electron chi connectivity index (χ0n) is 12.4. The molecule has 2 aromatic carbocycles. The fourth-order valence-corrected chi connectivity index (χ4v) is 3.44. The van der Waals surface area contributed by atoms with Gasteiger partial charge in [-0.2, -0.15) is 0 Å². The van der Waals surface area contributed by atoms with Crippen molar-refractivity contribution in [3.63, 3.8) is 0 Å². The van der Waals surface area contributed by atoms with Crippen molar-refractivity contribution in [3.8, 4) is 0 Å². The summed E-state index contributed by atoms with van der Waals surface area (Å²) < 4.78 is 14.0. The lowest BCUT2D eigenvalue weighted by atomic mass is 9.85. The van der Waals surface area contributed by atoms with Gasteiger partial charge in [-0.25, -0.2) is 9.37 Å². The van der Waals surface area contributed by atoms with Gasteiger partial charge in [0.2, 0.25) is 0 Å². The first-order chi connectivity index (χ1) is 10.5. The zero-order valence-corrected chi connectivity index (χ0v) is 13.9. The van der Waals surface area contributed by atoms with E-state index in [-0.39, 0.29) is 11.2 Å². The monoisotopic (exact) mass is 334 g/mol. The van der Waals surface area contributed by atoms with Crippen LogP contribution in [0.5, 0.6) is 0 Å². The number of halogens is 2. The van der Waals surface area contributed by atoms with Crippen LogP contribution in [0.4, 0.5) is 9.52 Å². The summed E-state index contributed by atoms with van der Waals surface area (Å²) in [6.07, 6.45) is 0. The Hall–Kier alpha value is -1.65. The van der Waals surface area contributed by atoms with E-state index in [4.69, 9.17) is 11.6 Å². The molecule has 0 spiro atoms. The van der Waals surface area contributed by atoms with E-state index in [0.717, 1.165) is 25.9 Å². The molecule has 0 unspecified atom stereocenters. The van der Waals surface area contributed by atoms with Crippen molar-refractivity contribution in [2.24, 2.45) is 0 Å². The minimum absolute atomic E-state index is 0.130. The van der Waals surface area contributed by atoms with Crippen LogP contribution < -0.4 is 5.32 Å². The molecule has 1 aromatic heterocycles. The summed E-state index contributed by atoms with van der Waals surface area (Å²) in [4.78, 5) is 4.55. The summed E-state index contributed by atoms with van der Waals surface area (Å²) in [5, 5.41) is 4.94. The van der Waals surface area contributed by atoms with Gasteiger partial charge in [-0.15, -0.1) is 0 Å². The molecule has 22 heavy (non-hydrogen) atoms. The quantitative estimate of drug-likeness (QED) is 0.683. The number of fused-ring (bicyclic) bond motifs is 1. The van der Waals surface area contributed by atoms with Gasteiger partial charge in [0, 0.05) is 12.0 Å². The van der Waals surface area contributed by atoms with Crippen LogP contribution in [0, 0.1) is 5.82 Å².